The van der Waals surface area contributed by atoms with Crippen LogP contribution in [0, 0.1) is 0 Å². The number of nitrogens with zero attached hydrogens (tertiary/aromatic N) is 1. The Kier molecular flexibility index (Phi) is 7.79. The number of fused-ring (bicyclic) bond motifs is 1. The molecule has 7 heteroatoms. The number of hydrogen-bond donors (Lipinski definition) is 1. The average Bonchev–Trinajstić information content (AvgIpc) is 3.29. The molecule has 198 valence electrons. The Balaban J connectivity index is 1.42. The molecule has 1 N–H and O–H groups in total. The number of ether oxygens (including phenoxy) is 1. The highest BCUT2D eigenvalue weighted by atomic mass is 32.2. The molecule has 0 aliphatic rings. The van der Waals surface area contributed by atoms with Crippen molar-refractivity contribution in [3.8, 4) is 17.2 Å². The first kappa shape index (κ1) is 26.3. The highest BCUT2D eigenvalue weighted by Crippen LogP contribution is 2.29. The van der Waals surface area contributed by atoms with E-state index >= 15 is 0 Å². The van der Waals surface area contributed by atoms with Crippen molar-refractivity contribution in [3.63, 3.8) is 0 Å². The average molecular weight is 539 g/mol. The molecule has 0 saturated carbocycles. The molecule has 0 atom stereocenters. The minimum absolute atomic E-state index is 0.0987. The van der Waals surface area contributed by atoms with Gasteiger partial charge in [-0.1, -0.05) is 54.6 Å². The Morgan fingerprint density at radius 2 is 1.44 bits per heavy atom. The van der Waals surface area contributed by atoms with E-state index in [-0.39, 0.29) is 6.42 Å². The van der Waals surface area contributed by atoms with Crippen molar-refractivity contribution in [2.45, 2.75) is 25.7 Å². The Bertz CT molecular complexity index is 1680. The molecule has 1 aromatic heterocycles. The highest BCUT2D eigenvalue weighted by molar-refractivity contribution is 7.89. The smallest absolute Gasteiger partial charge is 0.233 e. The number of aryl methyl sites for hydroxylation is 3. The third-order valence-corrected chi connectivity index (χ3v) is 7.11. The molecule has 1 heterocycles. The number of rotatable bonds is 10. The zero-order valence-electron chi connectivity index (χ0n) is 21.7. The van der Waals surface area contributed by atoms with Crippen LogP contribution < -0.4 is 9.46 Å². The van der Waals surface area contributed by atoms with Crippen LogP contribution >= 0.6 is 0 Å². The fourth-order valence-corrected chi connectivity index (χ4v) is 5.17. The number of benzene rings is 4. The minimum atomic E-state index is -3.56. The summed E-state index contributed by atoms with van der Waals surface area (Å²) in [6.45, 7) is 0. The van der Waals surface area contributed by atoms with Crippen molar-refractivity contribution in [1.82, 2.24) is 9.29 Å². The highest BCUT2D eigenvalue weighted by Gasteiger charge is 2.13. The SMILES string of the molecule is CS(=O)(=O)NC(=O)CCc1ccc2c(c1)c(CCc1ccccc1)cn2-c1ccc(Oc2ccccc2)cc1. The van der Waals surface area contributed by atoms with Gasteiger partial charge >= 0.3 is 0 Å². The van der Waals surface area contributed by atoms with Gasteiger partial charge in [-0.2, -0.15) is 0 Å². The molecule has 0 bridgehead atoms. The predicted octanol–water partition coefficient (Wildman–Crippen LogP) is 6.22. The molecular weight excluding hydrogens is 508 g/mol. The molecule has 5 rings (SSSR count). The van der Waals surface area contributed by atoms with E-state index in [1.165, 1.54) is 11.1 Å². The number of carbonyl (C=O) groups excluding carboxylic acids is 1. The van der Waals surface area contributed by atoms with Crippen molar-refractivity contribution in [3.05, 3.63) is 126 Å². The second kappa shape index (κ2) is 11.6. The lowest BCUT2D eigenvalue weighted by molar-refractivity contribution is -0.119. The third kappa shape index (κ3) is 6.94. The molecule has 1 amide bonds. The molecule has 5 aromatic rings. The van der Waals surface area contributed by atoms with Gasteiger partial charge in [0, 0.05) is 23.7 Å². The number of amides is 1. The van der Waals surface area contributed by atoms with Gasteiger partial charge in [0.1, 0.15) is 11.5 Å². The summed E-state index contributed by atoms with van der Waals surface area (Å²) in [6.07, 6.45) is 5.49. The maximum absolute atomic E-state index is 12.0. The maximum atomic E-state index is 12.0. The summed E-state index contributed by atoms with van der Waals surface area (Å²) in [6, 6.07) is 34.3. The Morgan fingerprint density at radius 3 is 2.13 bits per heavy atom. The molecule has 0 spiro atoms. The molecular formula is C32H30N2O4S. The first-order valence-electron chi connectivity index (χ1n) is 12.8. The molecule has 0 saturated heterocycles. The minimum Gasteiger partial charge on any atom is -0.457 e. The van der Waals surface area contributed by atoms with Crippen LogP contribution in [0.3, 0.4) is 0 Å². The van der Waals surface area contributed by atoms with Gasteiger partial charge in [-0.05, 0) is 84.5 Å². The third-order valence-electron chi connectivity index (χ3n) is 6.51. The fourth-order valence-electron chi connectivity index (χ4n) is 4.65. The lowest BCUT2D eigenvalue weighted by atomic mass is 10.0. The summed E-state index contributed by atoms with van der Waals surface area (Å²) in [5.41, 5.74) is 5.55. The Labute approximate surface area is 228 Å². The van der Waals surface area contributed by atoms with Crippen LogP contribution in [-0.4, -0.2) is 25.1 Å². The molecule has 6 nitrogen and oxygen atoms in total. The van der Waals surface area contributed by atoms with E-state index in [0.717, 1.165) is 52.8 Å². The molecule has 0 aliphatic carbocycles. The van der Waals surface area contributed by atoms with Gasteiger partial charge in [0.05, 0.1) is 11.8 Å². The van der Waals surface area contributed by atoms with Crippen molar-refractivity contribution in [2.24, 2.45) is 0 Å². The zero-order valence-corrected chi connectivity index (χ0v) is 22.5. The Morgan fingerprint density at radius 1 is 0.769 bits per heavy atom. The van der Waals surface area contributed by atoms with Crippen LogP contribution in [0.1, 0.15) is 23.1 Å². The van der Waals surface area contributed by atoms with Gasteiger partial charge in [0.25, 0.3) is 0 Å². The van der Waals surface area contributed by atoms with E-state index in [0.29, 0.717) is 6.42 Å². The van der Waals surface area contributed by atoms with E-state index in [2.05, 4.69) is 47.2 Å². The molecule has 39 heavy (non-hydrogen) atoms. The van der Waals surface area contributed by atoms with Gasteiger partial charge in [-0.25, -0.2) is 8.42 Å². The summed E-state index contributed by atoms with van der Waals surface area (Å²) in [5, 5.41) is 1.12. The van der Waals surface area contributed by atoms with Crippen LogP contribution in [0.2, 0.25) is 0 Å². The standard InChI is InChI=1S/C32H30N2O4S/c1-39(36,37)33-32(35)21-14-25-13-20-31-30(22-25)26(15-12-24-8-4-2-5-9-24)23-34(31)27-16-18-29(19-17-27)38-28-10-6-3-7-11-28/h2-11,13,16-20,22-23H,12,14-15,21H2,1H3,(H,33,35). The van der Waals surface area contributed by atoms with Gasteiger partial charge in [-0.3, -0.25) is 9.52 Å². The topological polar surface area (TPSA) is 77.4 Å². The van der Waals surface area contributed by atoms with Crippen LogP contribution in [-0.2, 0) is 34.1 Å². The second-order valence-corrected chi connectivity index (χ2v) is 11.3. The number of nitrogens with one attached hydrogen (secondary N) is 1. The predicted molar refractivity (Wildman–Crippen MR) is 155 cm³/mol. The molecule has 4 aromatic carbocycles. The van der Waals surface area contributed by atoms with E-state index in [4.69, 9.17) is 4.74 Å². The number of para-hydroxylation sites is 1. The molecule has 0 unspecified atom stereocenters. The fraction of sp³-hybridized carbons (Fsp3) is 0.156. The number of aromatic nitrogens is 1. The van der Waals surface area contributed by atoms with Crippen LogP contribution in [0.4, 0.5) is 0 Å². The molecule has 0 fully saturated rings. The first-order chi connectivity index (χ1) is 18.8. The normalized spacial score (nSPS) is 11.4. The number of sulfonamides is 1. The van der Waals surface area contributed by atoms with Crippen molar-refractivity contribution >= 4 is 26.8 Å². The zero-order chi connectivity index (χ0) is 27.2. The molecule has 0 aliphatic heterocycles. The lowest BCUT2D eigenvalue weighted by Crippen LogP contribution is -2.29. The first-order valence-corrected chi connectivity index (χ1v) is 14.7. The van der Waals surface area contributed by atoms with Crippen molar-refractivity contribution in [1.29, 1.82) is 0 Å². The van der Waals surface area contributed by atoms with E-state index in [1.807, 2.05) is 71.5 Å². The number of hydrogen-bond acceptors (Lipinski definition) is 4. The van der Waals surface area contributed by atoms with Gasteiger partial charge in [-0.15, -0.1) is 0 Å². The summed E-state index contributed by atoms with van der Waals surface area (Å²) < 4.78 is 32.9. The quantitative estimate of drug-likeness (QED) is 0.229. The van der Waals surface area contributed by atoms with Gasteiger partial charge in [0.15, 0.2) is 0 Å². The van der Waals surface area contributed by atoms with Crippen LogP contribution in [0.15, 0.2) is 109 Å². The summed E-state index contributed by atoms with van der Waals surface area (Å²) >= 11 is 0. The van der Waals surface area contributed by atoms with Crippen molar-refractivity contribution in [2.75, 3.05) is 6.26 Å². The summed E-state index contributed by atoms with van der Waals surface area (Å²) in [4.78, 5) is 12.0. The maximum Gasteiger partial charge on any atom is 0.233 e. The summed E-state index contributed by atoms with van der Waals surface area (Å²) in [5.74, 6) is 1.05. The Hall–Kier alpha value is -4.36. The van der Waals surface area contributed by atoms with Crippen molar-refractivity contribution < 1.29 is 17.9 Å². The van der Waals surface area contributed by atoms with E-state index in [1.54, 1.807) is 0 Å². The second-order valence-electron chi connectivity index (χ2n) is 9.57. The van der Waals surface area contributed by atoms with E-state index in [9.17, 15) is 13.2 Å². The molecule has 0 radical (unpaired) electrons. The number of carbonyl (C=O) groups is 1. The van der Waals surface area contributed by atoms with Crippen LogP contribution in [0.5, 0.6) is 11.5 Å². The van der Waals surface area contributed by atoms with Gasteiger partial charge in [0.2, 0.25) is 15.9 Å². The van der Waals surface area contributed by atoms with E-state index < -0.39 is 15.9 Å². The van der Waals surface area contributed by atoms with Gasteiger partial charge < -0.3 is 9.30 Å². The lowest BCUT2D eigenvalue weighted by Gasteiger charge is -2.09. The summed E-state index contributed by atoms with van der Waals surface area (Å²) in [7, 11) is -3.56. The largest absolute Gasteiger partial charge is 0.457 e. The monoisotopic (exact) mass is 538 g/mol. The van der Waals surface area contributed by atoms with Crippen LogP contribution in [0.25, 0.3) is 16.6 Å².